The summed E-state index contributed by atoms with van der Waals surface area (Å²) in [7, 11) is 3.64. The second-order valence-electron chi connectivity index (χ2n) is 1.66. The Morgan fingerprint density at radius 2 is 2.00 bits per heavy atom. The van der Waals surface area contributed by atoms with Gasteiger partial charge in [0.15, 0.2) is 0 Å². The summed E-state index contributed by atoms with van der Waals surface area (Å²) >= 11 is 1.12. The minimum atomic E-state index is 0.857. The minimum absolute atomic E-state index is 0.857. The lowest BCUT2D eigenvalue weighted by molar-refractivity contribution is -0.432. The summed E-state index contributed by atoms with van der Waals surface area (Å²) in [6.45, 7) is 0. The zero-order valence-electron chi connectivity index (χ0n) is 6.32. The molecule has 0 unspecified atom stereocenters. The van der Waals surface area contributed by atoms with Crippen molar-refractivity contribution in [3.05, 3.63) is 0 Å². The Balaban J connectivity index is 2.69. The average Bonchev–Trinajstić information content (AvgIpc) is 2.03. The lowest BCUT2D eigenvalue weighted by atomic mass is 10.4. The third kappa shape index (κ3) is 10.9. The van der Waals surface area contributed by atoms with Crippen LogP contribution in [-0.2, 0) is 9.37 Å². The molecule has 0 amide bonds. The van der Waals surface area contributed by atoms with Crippen LogP contribution in [0.2, 0.25) is 0 Å². The molecular weight excluding hydrogens is 204 g/mol. The summed E-state index contributed by atoms with van der Waals surface area (Å²) in [6.07, 6.45) is 4.33. The van der Waals surface area contributed by atoms with Gasteiger partial charge in [0.2, 0.25) is 0 Å². The molecule has 0 aromatic heterocycles. The summed E-state index contributed by atoms with van der Waals surface area (Å²) in [6, 6.07) is 0. The van der Waals surface area contributed by atoms with Crippen molar-refractivity contribution in [3.63, 3.8) is 0 Å². The molecule has 3 nitrogen and oxygen atoms in total. The second kappa shape index (κ2) is 10.9. The van der Waals surface area contributed by atoms with E-state index in [4.69, 9.17) is 5.26 Å². The van der Waals surface area contributed by atoms with E-state index >= 15 is 0 Å². The van der Waals surface area contributed by atoms with Crippen LogP contribution in [-0.4, -0.2) is 23.0 Å². The highest BCUT2D eigenvalue weighted by Crippen LogP contribution is 2.18. The summed E-state index contributed by atoms with van der Waals surface area (Å²) < 4.78 is 4.20. The Kier molecular flexibility index (Phi) is 11.9. The van der Waals surface area contributed by atoms with Gasteiger partial charge in [-0.05, 0) is 19.1 Å². The van der Waals surface area contributed by atoms with Gasteiger partial charge in [-0.15, -0.1) is 4.33 Å². The lowest BCUT2D eigenvalue weighted by Crippen LogP contribution is -1.85. The maximum absolute atomic E-state index is 7.76. The molecule has 0 heterocycles. The molecule has 0 aromatic rings. The monoisotopic (exact) mass is 216 g/mol. The van der Waals surface area contributed by atoms with Gasteiger partial charge in [0, 0.05) is 23.5 Å². The van der Waals surface area contributed by atoms with Gasteiger partial charge in [0.1, 0.15) is 0 Å². The highest BCUT2D eigenvalue weighted by molar-refractivity contribution is 8.76. The van der Waals surface area contributed by atoms with Gasteiger partial charge in [-0.2, -0.15) is 0 Å². The Hall–Kier alpha value is 0.930. The van der Waals surface area contributed by atoms with Crippen LogP contribution < -0.4 is 0 Å². The number of rotatable bonds is 8. The molecule has 0 bridgehead atoms. The predicted octanol–water partition coefficient (Wildman–Crippen LogP) is 2.85. The second-order valence-corrected chi connectivity index (χ2v) is 5.12. The molecule has 0 rings (SSSR count). The van der Waals surface area contributed by atoms with Gasteiger partial charge in [-0.25, -0.2) is 5.26 Å². The highest BCUT2D eigenvalue weighted by Gasteiger charge is 1.91. The molecule has 0 saturated heterocycles. The summed E-state index contributed by atoms with van der Waals surface area (Å²) in [4.78, 5) is 0. The zero-order chi connectivity index (χ0) is 8.36. The van der Waals surface area contributed by atoms with Crippen LogP contribution in [0.5, 0.6) is 0 Å². The molecule has 0 radical (unpaired) electrons. The first kappa shape index (κ1) is 11.9. The fourth-order valence-corrected chi connectivity index (χ4v) is 2.24. The SMILES string of the molecule is CSSCCCCSOOO. The van der Waals surface area contributed by atoms with Crippen LogP contribution in [0.15, 0.2) is 0 Å². The molecule has 0 spiro atoms. The first-order valence-electron chi connectivity index (χ1n) is 3.17. The summed E-state index contributed by atoms with van der Waals surface area (Å²) in [5.41, 5.74) is 0. The Morgan fingerprint density at radius 3 is 2.64 bits per heavy atom. The number of hydrogen-bond acceptors (Lipinski definition) is 6. The van der Waals surface area contributed by atoms with Crippen LogP contribution in [0.3, 0.4) is 0 Å². The van der Waals surface area contributed by atoms with Crippen molar-refractivity contribution in [2.24, 2.45) is 0 Å². The number of unbranched alkanes of at least 4 members (excludes halogenated alkanes) is 1. The normalized spacial score (nSPS) is 10.4. The number of hydrogen-bond donors (Lipinski definition) is 1. The van der Waals surface area contributed by atoms with Crippen molar-refractivity contribution in [1.82, 2.24) is 0 Å². The molecule has 1 N–H and O–H groups in total. The topological polar surface area (TPSA) is 38.7 Å². The Bertz CT molecular complexity index is 66.0. The van der Waals surface area contributed by atoms with E-state index in [2.05, 4.69) is 15.6 Å². The molecule has 11 heavy (non-hydrogen) atoms. The molecule has 0 atom stereocenters. The van der Waals surface area contributed by atoms with E-state index < -0.39 is 0 Å². The van der Waals surface area contributed by atoms with Crippen LogP contribution >= 0.6 is 33.6 Å². The van der Waals surface area contributed by atoms with Crippen molar-refractivity contribution in [3.8, 4) is 0 Å². The van der Waals surface area contributed by atoms with Crippen molar-refractivity contribution in [2.75, 3.05) is 17.8 Å². The van der Waals surface area contributed by atoms with Gasteiger partial charge in [0.05, 0.1) is 0 Å². The van der Waals surface area contributed by atoms with Gasteiger partial charge in [-0.3, -0.25) is 0 Å². The van der Waals surface area contributed by atoms with Crippen LogP contribution in [0.4, 0.5) is 0 Å². The molecule has 6 heteroatoms. The molecule has 68 valence electrons. The lowest BCUT2D eigenvalue weighted by Gasteiger charge is -1.97. The zero-order valence-corrected chi connectivity index (χ0v) is 8.77. The molecule has 0 aromatic carbocycles. The van der Waals surface area contributed by atoms with Crippen molar-refractivity contribution < 1.29 is 14.6 Å². The van der Waals surface area contributed by atoms with Crippen molar-refractivity contribution >= 4 is 33.6 Å². The maximum Gasteiger partial charge on any atom is 0.0346 e. The van der Waals surface area contributed by atoms with E-state index in [0.29, 0.717) is 0 Å². The third-order valence-electron chi connectivity index (χ3n) is 0.902. The fraction of sp³-hybridized carbons (Fsp3) is 1.00. The smallest absolute Gasteiger partial charge is 0.0346 e. The van der Waals surface area contributed by atoms with Gasteiger partial charge in [0.25, 0.3) is 0 Å². The van der Waals surface area contributed by atoms with Crippen LogP contribution in [0.25, 0.3) is 0 Å². The van der Waals surface area contributed by atoms with Crippen LogP contribution in [0.1, 0.15) is 12.8 Å². The molecule has 0 aliphatic carbocycles. The van der Waals surface area contributed by atoms with Gasteiger partial charge >= 0.3 is 0 Å². The highest BCUT2D eigenvalue weighted by atomic mass is 33.1. The quantitative estimate of drug-likeness (QED) is 0.221. The molecular formula is C5H12O3S3. The first-order chi connectivity index (χ1) is 5.41. The molecule has 0 aliphatic rings. The van der Waals surface area contributed by atoms with E-state index in [-0.39, 0.29) is 0 Å². The average molecular weight is 216 g/mol. The molecule has 0 saturated carbocycles. The first-order valence-corrected chi connectivity index (χ1v) is 6.81. The summed E-state index contributed by atoms with van der Waals surface area (Å²) in [5, 5.41) is 11.2. The van der Waals surface area contributed by atoms with E-state index in [1.807, 2.05) is 10.8 Å². The third-order valence-corrected chi connectivity index (χ3v) is 3.41. The van der Waals surface area contributed by atoms with Crippen molar-refractivity contribution in [1.29, 1.82) is 0 Å². The summed E-state index contributed by atoms with van der Waals surface area (Å²) in [5.74, 6) is 2.03. The Morgan fingerprint density at radius 1 is 1.27 bits per heavy atom. The Labute approximate surface area is 79.1 Å². The largest absolute Gasteiger partial charge is 0.220 e. The minimum Gasteiger partial charge on any atom is -0.220 e. The van der Waals surface area contributed by atoms with Gasteiger partial charge in [-0.1, -0.05) is 26.6 Å². The molecule has 0 fully saturated rings. The predicted molar refractivity (Wildman–Crippen MR) is 52.5 cm³/mol. The van der Waals surface area contributed by atoms with Crippen LogP contribution in [0, 0.1) is 0 Å². The van der Waals surface area contributed by atoms with E-state index in [1.165, 1.54) is 12.2 Å². The van der Waals surface area contributed by atoms with Crippen molar-refractivity contribution in [2.45, 2.75) is 12.8 Å². The van der Waals surface area contributed by atoms with E-state index in [1.54, 1.807) is 10.8 Å². The standard InChI is InChI=1S/C5H12O3S3/c1-9-11-5-3-2-4-10-8-7-6/h6H,2-5H2,1H3. The maximum atomic E-state index is 7.76. The fourth-order valence-electron chi connectivity index (χ4n) is 0.461. The van der Waals surface area contributed by atoms with Gasteiger partial charge < -0.3 is 0 Å². The van der Waals surface area contributed by atoms with E-state index in [9.17, 15) is 0 Å². The van der Waals surface area contributed by atoms with E-state index in [0.717, 1.165) is 24.2 Å². The molecule has 0 aliphatic heterocycles.